The number of thioether (sulfide) groups is 1. The molecule has 3 amide bonds. The molecule has 6 rings (SSSR count). The highest BCUT2D eigenvalue weighted by Crippen LogP contribution is 2.69. The quantitative estimate of drug-likeness (QED) is 0.369. The molecule has 3 saturated heterocycles. The van der Waals surface area contributed by atoms with Crippen molar-refractivity contribution in [3.8, 4) is 0 Å². The Kier molecular flexibility index (Phi) is 7.10. The maximum Gasteiger partial charge on any atom is 0.248 e. The van der Waals surface area contributed by atoms with Crippen molar-refractivity contribution in [1.82, 2.24) is 4.90 Å². The first-order valence-electron chi connectivity index (χ1n) is 13.4. The molecular weight excluding hydrogens is 546 g/mol. The van der Waals surface area contributed by atoms with Gasteiger partial charge in [-0.2, -0.15) is 0 Å². The molecule has 40 heavy (non-hydrogen) atoms. The Morgan fingerprint density at radius 1 is 0.975 bits per heavy atom. The van der Waals surface area contributed by atoms with E-state index in [9.17, 15) is 19.5 Å². The number of nitrogens with one attached hydrogen (secondary N) is 2. The number of anilines is 2. The standard InChI is InChI=1S/C31H30ClN3O4S/c1-18-16-24-25(28(37)33-21-10-6-3-7-11-21)26-30(39)35(23(17-36)19-8-4-2-5-9-19)27(31(18,26)40-24)29(38)34-22-14-12-20(32)13-15-22/h2-15,18,23-27,36H,16-17H2,1H3,(H,33,37)(H,34,38)/t18?,23-,24+,25-,26+,27?,31?/m1/s1. The third-order valence-corrected chi connectivity index (χ3v) is 10.9. The lowest BCUT2D eigenvalue weighted by atomic mass is 9.66. The number of nitrogens with zero attached hydrogens (tertiary/aromatic N) is 1. The lowest BCUT2D eigenvalue weighted by Crippen LogP contribution is -2.55. The number of carbonyl (C=O) groups is 3. The van der Waals surface area contributed by atoms with Crippen LogP contribution in [0.2, 0.25) is 5.02 Å². The molecule has 7 atom stereocenters. The van der Waals surface area contributed by atoms with E-state index in [1.807, 2.05) is 60.7 Å². The molecular formula is C31H30ClN3O4S. The van der Waals surface area contributed by atoms with Gasteiger partial charge in [-0.25, -0.2) is 0 Å². The van der Waals surface area contributed by atoms with Gasteiger partial charge in [0.2, 0.25) is 17.7 Å². The summed E-state index contributed by atoms with van der Waals surface area (Å²) >= 11 is 7.65. The van der Waals surface area contributed by atoms with Gasteiger partial charge in [0.1, 0.15) is 6.04 Å². The van der Waals surface area contributed by atoms with Gasteiger partial charge in [-0.15, -0.1) is 11.8 Å². The molecule has 0 radical (unpaired) electrons. The van der Waals surface area contributed by atoms with Crippen molar-refractivity contribution in [3.05, 3.63) is 95.5 Å². The fourth-order valence-corrected chi connectivity index (χ4v) is 9.45. The summed E-state index contributed by atoms with van der Waals surface area (Å²) < 4.78 is -0.820. The van der Waals surface area contributed by atoms with E-state index in [4.69, 9.17) is 11.6 Å². The van der Waals surface area contributed by atoms with Crippen LogP contribution < -0.4 is 10.6 Å². The number of fused-ring (bicyclic) bond motifs is 1. The number of para-hydroxylation sites is 1. The van der Waals surface area contributed by atoms with Crippen LogP contribution in [0.3, 0.4) is 0 Å². The molecule has 3 aromatic rings. The molecule has 9 heteroatoms. The predicted molar refractivity (Wildman–Crippen MR) is 157 cm³/mol. The average molecular weight is 576 g/mol. The minimum absolute atomic E-state index is 0.00157. The Morgan fingerprint density at radius 2 is 1.57 bits per heavy atom. The van der Waals surface area contributed by atoms with Crippen molar-refractivity contribution in [2.45, 2.75) is 35.4 Å². The Balaban J connectivity index is 1.42. The zero-order valence-electron chi connectivity index (χ0n) is 21.9. The minimum Gasteiger partial charge on any atom is -0.394 e. The van der Waals surface area contributed by atoms with Gasteiger partial charge in [-0.1, -0.05) is 67.1 Å². The summed E-state index contributed by atoms with van der Waals surface area (Å²) in [5.74, 6) is -2.12. The van der Waals surface area contributed by atoms with Gasteiger partial charge in [-0.05, 0) is 54.3 Å². The summed E-state index contributed by atoms with van der Waals surface area (Å²) in [5, 5.41) is 17.1. The highest BCUT2D eigenvalue weighted by molar-refractivity contribution is 8.02. The number of likely N-dealkylation sites (tertiary alicyclic amines) is 1. The molecule has 0 saturated carbocycles. The van der Waals surface area contributed by atoms with Gasteiger partial charge in [0.05, 0.1) is 29.2 Å². The summed E-state index contributed by atoms with van der Waals surface area (Å²) in [5.41, 5.74) is 1.96. The topological polar surface area (TPSA) is 98.7 Å². The molecule has 3 unspecified atom stereocenters. The minimum atomic E-state index is -0.891. The van der Waals surface area contributed by atoms with Gasteiger partial charge in [0.15, 0.2) is 0 Å². The van der Waals surface area contributed by atoms with E-state index in [1.54, 1.807) is 40.9 Å². The van der Waals surface area contributed by atoms with Crippen molar-refractivity contribution >= 4 is 52.5 Å². The number of amides is 3. The number of aliphatic hydroxyl groups excluding tert-OH is 1. The lowest BCUT2D eigenvalue weighted by Gasteiger charge is -2.40. The summed E-state index contributed by atoms with van der Waals surface area (Å²) in [7, 11) is 0. The smallest absolute Gasteiger partial charge is 0.248 e. The summed E-state index contributed by atoms with van der Waals surface area (Å²) in [6, 6.07) is 23.7. The van der Waals surface area contributed by atoms with Gasteiger partial charge in [0.25, 0.3) is 0 Å². The van der Waals surface area contributed by atoms with Crippen LogP contribution in [-0.2, 0) is 14.4 Å². The van der Waals surface area contributed by atoms with E-state index in [0.29, 0.717) is 16.4 Å². The molecule has 3 fully saturated rings. The molecule has 3 aromatic carbocycles. The molecule has 3 N–H and O–H groups in total. The summed E-state index contributed by atoms with van der Waals surface area (Å²) in [6.07, 6.45) is 0.717. The highest BCUT2D eigenvalue weighted by Gasteiger charge is 2.76. The normalized spacial score (nSPS) is 29.2. The second-order valence-corrected chi connectivity index (χ2v) is 12.7. The van der Waals surface area contributed by atoms with E-state index in [2.05, 4.69) is 17.6 Å². The van der Waals surface area contributed by atoms with Crippen LogP contribution in [0.15, 0.2) is 84.9 Å². The number of hydrogen-bond acceptors (Lipinski definition) is 5. The van der Waals surface area contributed by atoms with Crippen molar-refractivity contribution in [2.24, 2.45) is 17.8 Å². The van der Waals surface area contributed by atoms with Crippen LogP contribution in [0.5, 0.6) is 0 Å². The van der Waals surface area contributed by atoms with Gasteiger partial charge in [-0.3, -0.25) is 14.4 Å². The van der Waals surface area contributed by atoms with Crippen LogP contribution in [0, 0.1) is 17.8 Å². The van der Waals surface area contributed by atoms with Crippen molar-refractivity contribution in [1.29, 1.82) is 0 Å². The molecule has 1 spiro atoms. The van der Waals surface area contributed by atoms with Gasteiger partial charge < -0.3 is 20.6 Å². The predicted octanol–water partition coefficient (Wildman–Crippen LogP) is 4.99. The Bertz CT molecular complexity index is 1420. The lowest BCUT2D eigenvalue weighted by molar-refractivity contribution is -0.141. The zero-order chi connectivity index (χ0) is 28.0. The zero-order valence-corrected chi connectivity index (χ0v) is 23.4. The fraction of sp³-hybridized carbons (Fsp3) is 0.323. The highest BCUT2D eigenvalue weighted by atomic mass is 35.5. The Morgan fingerprint density at radius 3 is 2.23 bits per heavy atom. The molecule has 0 aromatic heterocycles. The van der Waals surface area contributed by atoms with Gasteiger partial charge >= 0.3 is 0 Å². The van der Waals surface area contributed by atoms with Crippen LogP contribution in [-0.4, -0.2) is 50.4 Å². The largest absolute Gasteiger partial charge is 0.394 e. The molecule has 2 bridgehead atoms. The Labute approximate surface area is 242 Å². The molecule has 3 aliphatic heterocycles. The van der Waals surface area contributed by atoms with Crippen molar-refractivity contribution in [3.63, 3.8) is 0 Å². The number of rotatable bonds is 7. The fourth-order valence-electron chi connectivity index (χ4n) is 6.92. The molecule has 3 aliphatic rings. The van der Waals surface area contributed by atoms with Crippen LogP contribution >= 0.6 is 23.4 Å². The number of carbonyl (C=O) groups excluding carboxylic acids is 3. The SMILES string of the molecule is CC1C[C@@H]2SC13C(C(=O)Nc1ccc(Cl)cc1)N([C@H](CO)c1ccccc1)C(=O)[C@@H]3[C@@H]2C(=O)Nc1ccccc1. The third-order valence-electron chi connectivity index (χ3n) is 8.58. The average Bonchev–Trinajstić information content (AvgIpc) is 3.55. The summed E-state index contributed by atoms with van der Waals surface area (Å²) in [4.78, 5) is 44.0. The number of halogens is 1. The van der Waals surface area contributed by atoms with Crippen LogP contribution in [0.4, 0.5) is 11.4 Å². The van der Waals surface area contributed by atoms with Gasteiger partial charge in [0, 0.05) is 21.6 Å². The van der Waals surface area contributed by atoms with E-state index in [0.717, 1.165) is 12.0 Å². The number of hydrogen-bond donors (Lipinski definition) is 3. The van der Waals surface area contributed by atoms with E-state index >= 15 is 0 Å². The third kappa shape index (κ3) is 4.29. The number of aliphatic hydroxyl groups is 1. The molecule has 206 valence electrons. The van der Waals surface area contributed by atoms with Crippen LogP contribution in [0.1, 0.15) is 24.9 Å². The maximum absolute atomic E-state index is 14.5. The number of benzene rings is 3. The first-order valence-corrected chi connectivity index (χ1v) is 14.7. The van der Waals surface area contributed by atoms with Crippen molar-refractivity contribution in [2.75, 3.05) is 17.2 Å². The van der Waals surface area contributed by atoms with E-state index in [-0.39, 0.29) is 35.5 Å². The maximum atomic E-state index is 14.5. The van der Waals surface area contributed by atoms with Crippen molar-refractivity contribution < 1.29 is 19.5 Å². The second kappa shape index (κ2) is 10.6. The molecule has 3 heterocycles. The second-order valence-electron chi connectivity index (χ2n) is 10.8. The first kappa shape index (κ1) is 26.9. The molecule has 7 nitrogen and oxygen atoms in total. The van der Waals surface area contributed by atoms with E-state index < -0.39 is 28.7 Å². The molecule has 0 aliphatic carbocycles. The van der Waals surface area contributed by atoms with Crippen LogP contribution in [0.25, 0.3) is 0 Å². The Hall–Kier alpha value is -3.33. The first-order chi connectivity index (χ1) is 19.3. The monoisotopic (exact) mass is 575 g/mol. The van der Waals surface area contributed by atoms with E-state index in [1.165, 1.54) is 0 Å². The summed E-state index contributed by atoms with van der Waals surface area (Å²) in [6.45, 7) is 1.72.